The van der Waals surface area contributed by atoms with Crippen molar-refractivity contribution in [1.82, 2.24) is 4.98 Å². The maximum absolute atomic E-state index is 9.10. The van der Waals surface area contributed by atoms with Crippen LogP contribution in [0.3, 0.4) is 0 Å². The summed E-state index contributed by atoms with van der Waals surface area (Å²) in [5.74, 6) is 4.46. The van der Waals surface area contributed by atoms with Crippen molar-refractivity contribution < 1.29 is 0 Å². The second-order valence-corrected chi connectivity index (χ2v) is 7.57. The standard InChI is InChI=1S/C15H18N2S/c1-8-13(7-16)18-15(17-8)14-11-3-9-2-10(5-11)6-12(14)4-9/h9-12,14H,2-6H2,1H3. The van der Waals surface area contributed by atoms with E-state index in [9.17, 15) is 0 Å². The lowest BCUT2D eigenvalue weighted by atomic mass is 9.52. The SMILES string of the molecule is Cc1nc(C2C3CC4CC(C3)CC2C4)sc1C#N. The molecule has 0 amide bonds. The second kappa shape index (κ2) is 3.81. The average molecular weight is 258 g/mol. The topological polar surface area (TPSA) is 36.7 Å². The van der Waals surface area contributed by atoms with Gasteiger partial charge in [0, 0.05) is 5.92 Å². The van der Waals surface area contributed by atoms with E-state index in [1.807, 2.05) is 6.92 Å². The first-order chi connectivity index (χ1) is 8.74. The van der Waals surface area contributed by atoms with Crippen LogP contribution in [-0.2, 0) is 0 Å². The molecule has 1 heterocycles. The molecule has 4 bridgehead atoms. The Hall–Kier alpha value is -0.880. The van der Waals surface area contributed by atoms with Crippen LogP contribution in [0.4, 0.5) is 0 Å². The second-order valence-electron chi connectivity index (χ2n) is 6.53. The normalized spacial score (nSPS) is 41.0. The van der Waals surface area contributed by atoms with E-state index in [4.69, 9.17) is 10.2 Å². The molecule has 5 rings (SSSR count). The first kappa shape index (κ1) is 11.0. The highest BCUT2D eigenvalue weighted by molar-refractivity contribution is 7.12. The van der Waals surface area contributed by atoms with Crippen LogP contribution in [0.1, 0.15) is 53.6 Å². The van der Waals surface area contributed by atoms with E-state index in [-0.39, 0.29) is 0 Å². The highest BCUT2D eigenvalue weighted by Crippen LogP contribution is 2.60. The zero-order valence-electron chi connectivity index (χ0n) is 10.7. The van der Waals surface area contributed by atoms with Gasteiger partial charge in [0.25, 0.3) is 0 Å². The Kier molecular flexibility index (Phi) is 2.32. The molecule has 0 atom stereocenters. The third kappa shape index (κ3) is 1.48. The molecule has 0 saturated heterocycles. The van der Waals surface area contributed by atoms with Crippen molar-refractivity contribution in [2.24, 2.45) is 23.7 Å². The predicted octanol–water partition coefficient (Wildman–Crippen LogP) is 3.86. The van der Waals surface area contributed by atoms with Crippen LogP contribution in [-0.4, -0.2) is 4.98 Å². The molecule has 0 radical (unpaired) electrons. The van der Waals surface area contributed by atoms with Crippen LogP contribution in [0.2, 0.25) is 0 Å². The van der Waals surface area contributed by atoms with Crippen LogP contribution in [0.5, 0.6) is 0 Å². The predicted molar refractivity (Wildman–Crippen MR) is 71.4 cm³/mol. The fourth-order valence-corrected chi connectivity index (χ4v) is 6.14. The van der Waals surface area contributed by atoms with E-state index in [1.54, 1.807) is 11.3 Å². The summed E-state index contributed by atoms with van der Waals surface area (Å²) < 4.78 is 0. The maximum atomic E-state index is 9.10. The number of hydrogen-bond acceptors (Lipinski definition) is 3. The van der Waals surface area contributed by atoms with E-state index in [1.165, 1.54) is 37.1 Å². The number of rotatable bonds is 1. The molecule has 94 valence electrons. The smallest absolute Gasteiger partial charge is 0.127 e. The van der Waals surface area contributed by atoms with Gasteiger partial charge in [-0.25, -0.2) is 4.98 Å². The number of nitriles is 1. The fourth-order valence-electron chi connectivity index (χ4n) is 4.99. The lowest BCUT2D eigenvalue weighted by molar-refractivity contribution is -0.00286. The summed E-state index contributed by atoms with van der Waals surface area (Å²) in [6, 6.07) is 2.29. The Balaban J connectivity index is 1.70. The Bertz CT molecular complexity index is 497. The van der Waals surface area contributed by atoms with Crippen LogP contribution in [0.15, 0.2) is 0 Å². The quantitative estimate of drug-likeness (QED) is 0.767. The fraction of sp³-hybridized carbons (Fsp3) is 0.733. The van der Waals surface area contributed by atoms with E-state index in [0.29, 0.717) is 5.92 Å². The van der Waals surface area contributed by atoms with Crippen molar-refractivity contribution in [3.63, 3.8) is 0 Å². The molecule has 0 unspecified atom stereocenters. The van der Waals surface area contributed by atoms with Gasteiger partial charge in [0.15, 0.2) is 0 Å². The molecular formula is C15H18N2S. The number of hydrogen-bond donors (Lipinski definition) is 0. The van der Waals surface area contributed by atoms with Gasteiger partial charge in [-0.2, -0.15) is 5.26 Å². The lowest BCUT2D eigenvalue weighted by Gasteiger charge is -2.53. The summed E-state index contributed by atoms with van der Waals surface area (Å²) in [6.07, 6.45) is 7.22. The summed E-state index contributed by atoms with van der Waals surface area (Å²) >= 11 is 1.67. The minimum Gasteiger partial charge on any atom is -0.245 e. The highest BCUT2D eigenvalue weighted by Gasteiger charge is 2.49. The van der Waals surface area contributed by atoms with Gasteiger partial charge in [-0.05, 0) is 62.7 Å². The van der Waals surface area contributed by atoms with Crippen LogP contribution >= 0.6 is 11.3 Å². The molecular weight excluding hydrogens is 240 g/mol. The lowest BCUT2D eigenvalue weighted by Crippen LogP contribution is -2.43. The highest BCUT2D eigenvalue weighted by atomic mass is 32.1. The van der Waals surface area contributed by atoms with Crippen molar-refractivity contribution in [3.8, 4) is 6.07 Å². The Morgan fingerprint density at radius 2 is 1.72 bits per heavy atom. The van der Waals surface area contributed by atoms with Crippen molar-refractivity contribution in [3.05, 3.63) is 15.6 Å². The molecule has 0 aromatic carbocycles. The number of aromatic nitrogens is 1. The largest absolute Gasteiger partial charge is 0.245 e. The van der Waals surface area contributed by atoms with Crippen LogP contribution < -0.4 is 0 Å². The van der Waals surface area contributed by atoms with Gasteiger partial charge in [-0.15, -0.1) is 11.3 Å². The molecule has 2 nitrogen and oxygen atoms in total. The molecule has 4 saturated carbocycles. The number of thiazole rings is 1. The van der Waals surface area contributed by atoms with Gasteiger partial charge in [-0.1, -0.05) is 0 Å². The monoisotopic (exact) mass is 258 g/mol. The molecule has 4 aliphatic rings. The van der Waals surface area contributed by atoms with Gasteiger partial charge in [-0.3, -0.25) is 0 Å². The molecule has 0 spiro atoms. The van der Waals surface area contributed by atoms with Crippen molar-refractivity contribution >= 4 is 11.3 Å². The Morgan fingerprint density at radius 1 is 1.11 bits per heavy atom. The molecule has 0 aliphatic heterocycles. The first-order valence-electron chi connectivity index (χ1n) is 7.12. The molecule has 0 N–H and O–H groups in total. The third-order valence-corrected chi connectivity index (χ3v) is 6.59. The van der Waals surface area contributed by atoms with E-state index >= 15 is 0 Å². The molecule has 4 aliphatic carbocycles. The minimum atomic E-state index is 0.684. The molecule has 18 heavy (non-hydrogen) atoms. The molecule has 1 aromatic rings. The summed E-state index contributed by atoms with van der Waals surface area (Å²) in [7, 11) is 0. The van der Waals surface area contributed by atoms with E-state index < -0.39 is 0 Å². The van der Waals surface area contributed by atoms with Crippen molar-refractivity contribution in [2.75, 3.05) is 0 Å². The zero-order chi connectivity index (χ0) is 12.3. The Labute approximate surface area is 112 Å². The summed E-state index contributed by atoms with van der Waals surface area (Å²) in [4.78, 5) is 5.56. The number of aryl methyl sites for hydroxylation is 1. The third-order valence-electron chi connectivity index (χ3n) is 5.43. The summed E-state index contributed by atoms with van der Waals surface area (Å²) in [6.45, 7) is 1.98. The minimum absolute atomic E-state index is 0.684. The number of nitrogens with zero attached hydrogens (tertiary/aromatic N) is 2. The molecule has 1 aromatic heterocycles. The van der Waals surface area contributed by atoms with Crippen molar-refractivity contribution in [1.29, 1.82) is 5.26 Å². The van der Waals surface area contributed by atoms with E-state index in [0.717, 1.165) is 34.2 Å². The molecule has 3 heteroatoms. The van der Waals surface area contributed by atoms with Gasteiger partial charge >= 0.3 is 0 Å². The van der Waals surface area contributed by atoms with E-state index in [2.05, 4.69) is 6.07 Å². The van der Waals surface area contributed by atoms with Gasteiger partial charge in [0.1, 0.15) is 10.9 Å². The average Bonchev–Trinajstić information content (AvgIpc) is 2.69. The van der Waals surface area contributed by atoms with Crippen LogP contribution in [0.25, 0.3) is 0 Å². The van der Waals surface area contributed by atoms with Crippen molar-refractivity contribution in [2.45, 2.75) is 44.9 Å². The Morgan fingerprint density at radius 3 is 2.22 bits per heavy atom. The van der Waals surface area contributed by atoms with Gasteiger partial charge in [0.05, 0.1) is 10.7 Å². The summed E-state index contributed by atoms with van der Waals surface area (Å²) in [5, 5.41) is 10.4. The van der Waals surface area contributed by atoms with Crippen LogP contribution in [0, 0.1) is 41.9 Å². The zero-order valence-corrected chi connectivity index (χ0v) is 11.5. The van der Waals surface area contributed by atoms with Gasteiger partial charge < -0.3 is 0 Å². The van der Waals surface area contributed by atoms with Gasteiger partial charge in [0.2, 0.25) is 0 Å². The summed E-state index contributed by atoms with van der Waals surface area (Å²) in [5.41, 5.74) is 0.950. The first-order valence-corrected chi connectivity index (χ1v) is 7.93. The molecule has 4 fully saturated rings. The maximum Gasteiger partial charge on any atom is 0.127 e.